The van der Waals surface area contributed by atoms with Crippen LogP contribution in [0.2, 0.25) is 10.0 Å². The van der Waals surface area contributed by atoms with Gasteiger partial charge in [0.15, 0.2) is 5.78 Å². The molecule has 0 saturated heterocycles. The molecule has 5 aromatic rings. The Hall–Kier alpha value is -3.85. The largest absolute Gasteiger partial charge is 0.497 e. The fourth-order valence-corrected chi connectivity index (χ4v) is 6.32. The number of hydrogen-bond donors (Lipinski definition) is 0. The maximum absolute atomic E-state index is 13.9. The van der Waals surface area contributed by atoms with Gasteiger partial charge in [0.25, 0.3) is 5.91 Å². The predicted octanol–water partition coefficient (Wildman–Crippen LogP) is 6.64. The number of Topliss-reactive ketones (excluding diaryl/α,β-unsaturated/α-hetero) is 1. The second-order valence-corrected chi connectivity index (χ2v) is 11.6. The van der Waals surface area contributed by atoms with Gasteiger partial charge in [0.1, 0.15) is 11.4 Å². The number of imidazole rings is 1. The first-order chi connectivity index (χ1) is 19.8. The quantitative estimate of drug-likeness (QED) is 0.195. The molecule has 0 aliphatic carbocycles. The molecule has 0 atom stereocenters. The first-order valence-electron chi connectivity index (χ1n) is 13.1. The van der Waals surface area contributed by atoms with E-state index in [1.165, 1.54) is 15.3 Å². The molecule has 3 heterocycles. The molecule has 1 amide bonds. The van der Waals surface area contributed by atoms with Crippen LogP contribution in [-0.2, 0) is 19.5 Å². The highest BCUT2D eigenvalue weighted by atomic mass is 35.5. The van der Waals surface area contributed by atoms with Crippen molar-refractivity contribution in [2.24, 2.45) is 0 Å². The van der Waals surface area contributed by atoms with Crippen molar-refractivity contribution < 1.29 is 14.3 Å². The smallest absolute Gasteiger partial charge is 0.333 e. The second-order valence-electron chi connectivity index (χ2n) is 9.83. The molecule has 3 aromatic carbocycles. The lowest BCUT2D eigenvalue weighted by Crippen LogP contribution is -2.41. The van der Waals surface area contributed by atoms with E-state index in [0.29, 0.717) is 46.4 Å². The Bertz CT molecular complexity index is 1860. The minimum Gasteiger partial charge on any atom is -0.497 e. The van der Waals surface area contributed by atoms with Crippen LogP contribution >= 0.6 is 34.5 Å². The van der Waals surface area contributed by atoms with Crippen LogP contribution < -0.4 is 10.4 Å². The van der Waals surface area contributed by atoms with E-state index in [0.717, 1.165) is 10.9 Å². The fourth-order valence-electron chi connectivity index (χ4n) is 5.25. The minimum atomic E-state index is -0.310. The standard InChI is InChI=1S/C31H25Cl2N3O4S/c1-40-23-7-5-22(6-8-23)36-29(27(37)10-2-19-3-11-28-20(16-19)12-15-41-28)26-18-34(13-14-35(26)31(36)39)30(38)21-4-9-24(32)25(33)17-21/h3-9,11-12,15-17H,2,10,13-14,18H2,1H3. The Balaban J connectivity index is 1.36. The van der Waals surface area contributed by atoms with Crippen LogP contribution in [0.25, 0.3) is 15.8 Å². The second kappa shape index (κ2) is 11.2. The number of methoxy groups -OCH3 is 1. The molecule has 7 nitrogen and oxygen atoms in total. The third kappa shape index (κ3) is 5.19. The SMILES string of the molecule is COc1ccc(-n2c(C(=O)CCc3ccc4sccc4c3)c3n(c2=O)CCN(C(=O)c2ccc(Cl)c(Cl)c2)C3)cc1. The molecule has 0 unspecified atom stereocenters. The Labute approximate surface area is 250 Å². The number of ether oxygens (including phenoxy) is 1. The molecule has 0 saturated carbocycles. The highest BCUT2D eigenvalue weighted by molar-refractivity contribution is 7.17. The lowest BCUT2D eigenvalue weighted by molar-refractivity contribution is 0.0707. The molecule has 0 spiro atoms. The van der Waals surface area contributed by atoms with Gasteiger partial charge in [-0.1, -0.05) is 35.3 Å². The highest BCUT2D eigenvalue weighted by Gasteiger charge is 2.32. The summed E-state index contributed by atoms with van der Waals surface area (Å²) in [5.41, 5.74) is 2.50. The molecular weight excluding hydrogens is 581 g/mol. The van der Waals surface area contributed by atoms with Crippen molar-refractivity contribution in [3.63, 3.8) is 0 Å². The fraction of sp³-hybridized carbons (Fsp3) is 0.194. The number of fused-ring (bicyclic) bond motifs is 2. The van der Waals surface area contributed by atoms with Gasteiger partial charge in [0, 0.05) is 29.8 Å². The van der Waals surface area contributed by atoms with Gasteiger partial charge >= 0.3 is 5.69 Å². The molecule has 2 aromatic heterocycles. The lowest BCUT2D eigenvalue weighted by Gasteiger charge is -2.28. The van der Waals surface area contributed by atoms with Crippen LogP contribution in [-0.4, -0.2) is 39.4 Å². The molecule has 0 N–H and O–H groups in total. The number of nitrogens with zero attached hydrogens (tertiary/aromatic N) is 3. The summed E-state index contributed by atoms with van der Waals surface area (Å²) in [6.45, 7) is 0.686. The Kier molecular flexibility index (Phi) is 7.46. The molecular formula is C31H25Cl2N3O4S. The number of hydrogen-bond acceptors (Lipinski definition) is 5. The summed E-state index contributed by atoms with van der Waals surface area (Å²) >= 11 is 13.9. The van der Waals surface area contributed by atoms with Gasteiger partial charge in [-0.2, -0.15) is 0 Å². The van der Waals surface area contributed by atoms with E-state index in [4.69, 9.17) is 27.9 Å². The lowest BCUT2D eigenvalue weighted by atomic mass is 10.0. The highest BCUT2D eigenvalue weighted by Crippen LogP contribution is 2.27. The average molecular weight is 607 g/mol. The van der Waals surface area contributed by atoms with Gasteiger partial charge < -0.3 is 9.64 Å². The van der Waals surface area contributed by atoms with E-state index in [2.05, 4.69) is 18.2 Å². The Morgan fingerprint density at radius 2 is 1.76 bits per heavy atom. The number of aromatic nitrogens is 2. The minimum absolute atomic E-state index is 0.111. The summed E-state index contributed by atoms with van der Waals surface area (Å²) in [5.74, 6) is 0.226. The zero-order valence-electron chi connectivity index (χ0n) is 22.1. The third-order valence-electron chi connectivity index (χ3n) is 7.39. The zero-order valence-corrected chi connectivity index (χ0v) is 24.4. The van der Waals surface area contributed by atoms with Crippen LogP contribution in [0.3, 0.4) is 0 Å². The number of carbonyl (C=O) groups excluding carboxylic acids is 2. The van der Waals surface area contributed by atoms with Crippen LogP contribution in [0.5, 0.6) is 5.75 Å². The van der Waals surface area contributed by atoms with E-state index in [9.17, 15) is 14.4 Å². The molecule has 1 aliphatic rings. The molecule has 1 aliphatic heterocycles. The van der Waals surface area contributed by atoms with Crippen molar-refractivity contribution in [2.45, 2.75) is 25.9 Å². The molecule has 6 rings (SSSR count). The Morgan fingerprint density at radius 3 is 2.51 bits per heavy atom. The van der Waals surface area contributed by atoms with Crippen LogP contribution in [0.1, 0.15) is 38.5 Å². The van der Waals surface area contributed by atoms with Crippen LogP contribution in [0, 0.1) is 0 Å². The van der Waals surface area contributed by atoms with E-state index in [-0.39, 0.29) is 41.9 Å². The van der Waals surface area contributed by atoms with Crippen molar-refractivity contribution in [3.8, 4) is 11.4 Å². The van der Waals surface area contributed by atoms with Crippen LogP contribution in [0.15, 0.2) is 76.9 Å². The summed E-state index contributed by atoms with van der Waals surface area (Å²) in [6.07, 6.45) is 0.737. The number of benzene rings is 3. The van der Waals surface area contributed by atoms with E-state index in [1.807, 2.05) is 11.4 Å². The van der Waals surface area contributed by atoms with Gasteiger partial charge in [-0.3, -0.25) is 18.7 Å². The molecule has 41 heavy (non-hydrogen) atoms. The monoisotopic (exact) mass is 605 g/mol. The van der Waals surface area contributed by atoms with Gasteiger partial charge in [0.05, 0.1) is 35.1 Å². The number of carbonyl (C=O) groups is 2. The Morgan fingerprint density at radius 1 is 0.951 bits per heavy atom. The van der Waals surface area contributed by atoms with Gasteiger partial charge in [0.2, 0.25) is 0 Å². The van der Waals surface area contributed by atoms with Gasteiger partial charge in [-0.15, -0.1) is 11.3 Å². The molecule has 0 radical (unpaired) electrons. The van der Waals surface area contributed by atoms with Crippen molar-refractivity contribution >= 4 is 56.3 Å². The zero-order chi connectivity index (χ0) is 28.7. The number of aryl methyl sites for hydroxylation is 1. The van der Waals surface area contributed by atoms with Gasteiger partial charge in [-0.05, 0) is 77.3 Å². The number of ketones is 1. The first-order valence-corrected chi connectivity index (χ1v) is 14.7. The number of rotatable bonds is 7. The predicted molar refractivity (Wildman–Crippen MR) is 162 cm³/mol. The van der Waals surface area contributed by atoms with E-state index >= 15 is 0 Å². The molecule has 208 valence electrons. The number of thiophene rings is 1. The van der Waals surface area contributed by atoms with Crippen molar-refractivity contribution in [3.05, 3.63) is 115 Å². The topological polar surface area (TPSA) is 73.5 Å². The summed E-state index contributed by atoms with van der Waals surface area (Å²) in [7, 11) is 1.57. The van der Waals surface area contributed by atoms with Crippen LogP contribution in [0.4, 0.5) is 0 Å². The van der Waals surface area contributed by atoms with Crippen molar-refractivity contribution in [1.82, 2.24) is 14.0 Å². The molecule has 0 fully saturated rings. The average Bonchev–Trinajstić information content (AvgIpc) is 3.58. The van der Waals surface area contributed by atoms with Crippen molar-refractivity contribution in [2.75, 3.05) is 13.7 Å². The number of halogens is 2. The summed E-state index contributed by atoms with van der Waals surface area (Å²) in [5, 5.41) is 3.84. The van der Waals surface area contributed by atoms with Crippen molar-refractivity contribution in [1.29, 1.82) is 0 Å². The molecule has 0 bridgehead atoms. The maximum atomic E-state index is 13.9. The normalized spacial score (nSPS) is 12.9. The van der Waals surface area contributed by atoms with Gasteiger partial charge in [-0.25, -0.2) is 4.79 Å². The third-order valence-corrected chi connectivity index (χ3v) is 9.02. The van der Waals surface area contributed by atoms with E-state index in [1.54, 1.807) is 64.3 Å². The number of amides is 1. The molecule has 10 heteroatoms. The summed E-state index contributed by atoms with van der Waals surface area (Å²) in [6, 6.07) is 20.0. The summed E-state index contributed by atoms with van der Waals surface area (Å²) < 4.78 is 9.55. The summed E-state index contributed by atoms with van der Waals surface area (Å²) in [4.78, 5) is 42.7. The maximum Gasteiger partial charge on any atom is 0.333 e. The first kappa shape index (κ1) is 27.3. The van der Waals surface area contributed by atoms with E-state index < -0.39 is 0 Å².